The Balaban J connectivity index is 1.35. The maximum Gasteiger partial charge on any atom is 0.223 e. The number of carbonyl (C=O) groups is 1. The van der Waals surface area contributed by atoms with E-state index in [2.05, 4.69) is 67.4 Å². The number of rotatable bonds is 9. The molecular weight excluding hydrogens is 372 g/mol. The van der Waals surface area contributed by atoms with Crippen LogP contribution in [-0.2, 0) is 24.1 Å². The van der Waals surface area contributed by atoms with E-state index in [4.69, 9.17) is 4.74 Å². The molecule has 0 saturated carbocycles. The van der Waals surface area contributed by atoms with E-state index in [1.165, 1.54) is 22.3 Å². The number of benzene rings is 2. The Morgan fingerprint density at radius 3 is 2.53 bits per heavy atom. The second-order valence-corrected chi connectivity index (χ2v) is 8.60. The zero-order valence-electron chi connectivity index (χ0n) is 18.7. The van der Waals surface area contributed by atoms with Crippen LogP contribution in [0.15, 0.2) is 42.5 Å². The molecule has 0 radical (unpaired) electrons. The lowest BCUT2D eigenvalue weighted by molar-refractivity contribution is -0.121. The lowest BCUT2D eigenvalue weighted by Crippen LogP contribution is -2.32. The van der Waals surface area contributed by atoms with Crippen molar-refractivity contribution in [1.29, 1.82) is 0 Å². The van der Waals surface area contributed by atoms with E-state index >= 15 is 0 Å². The predicted octanol–water partition coefficient (Wildman–Crippen LogP) is 4.32. The molecule has 0 saturated heterocycles. The monoisotopic (exact) mass is 408 g/mol. The molecule has 0 aromatic heterocycles. The molecule has 1 amide bonds. The number of ether oxygens (including phenoxy) is 1. The summed E-state index contributed by atoms with van der Waals surface area (Å²) in [6.45, 7) is 9.96. The topological polar surface area (TPSA) is 41.6 Å². The predicted molar refractivity (Wildman–Crippen MR) is 123 cm³/mol. The van der Waals surface area contributed by atoms with Gasteiger partial charge in [0.15, 0.2) is 0 Å². The highest BCUT2D eigenvalue weighted by Crippen LogP contribution is 2.22. The molecule has 162 valence electrons. The molecule has 30 heavy (non-hydrogen) atoms. The van der Waals surface area contributed by atoms with Gasteiger partial charge >= 0.3 is 0 Å². The van der Waals surface area contributed by atoms with Crippen molar-refractivity contribution in [3.8, 4) is 5.75 Å². The number of amides is 1. The third kappa shape index (κ3) is 6.88. The summed E-state index contributed by atoms with van der Waals surface area (Å²) in [4.78, 5) is 14.6. The fourth-order valence-corrected chi connectivity index (χ4v) is 3.95. The Bertz CT molecular complexity index is 814. The average molecular weight is 409 g/mol. The molecule has 0 fully saturated rings. The first-order valence-corrected chi connectivity index (χ1v) is 11.3. The van der Waals surface area contributed by atoms with Crippen molar-refractivity contribution in [3.63, 3.8) is 0 Å². The zero-order valence-corrected chi connectivity index (χ0v) is 18.7. The maximum atomic E-state index is 12.1. The second-order valence-electron chi connectivity index (χ2n) is 8.60. The summed E-state index contributed by atoms with van der Waals surface area (Å²) in [6.07, 6.45) is 4.49. The fourth-order valence-electron chi connectivity index (χ4n) is 3.95. The van der Waals surface area contributed by atoms with Crippen LogP contribution in [-0.4, -0.2) is 43.1 Å². The molecule has 1 aliphatic heterocycles. The minimum atomic E-state index is 0.0567. The quantitative estimate of drug-likeness (QED) is 0.628. The van der Waals surface area contributed by atoms with Crippen LogP contribution < -0.4 is 10.1 Å². The number of fused-ring (bicyclic) bond motifs is 1. The minimum absolute atomic E-state index is 0.0567. The van der Waals surface area contributed by atoms with Crippen molar-refractivity contribution in [1.82, 2.24) is 10.2 Å². The van der Waals surface area contributed by atoms with Gasteiger partial charge in [0.1, 0.15) is 5.75 Å². The summed E-state index contributed by atoms with van der Waals surface area (Å²) < 4.78 is 5.87. The molecule has 1 aliphatic rings. The highest BCUT2D eigenvalue weighted by molar-refractivity contribution is 5.75. The van der Waals surface area contributed by atoms with Crippen molar-refractivity contribution in [3.05, 3.63) is 64.7 Å². The summed E-state index contributed by atoms with van der Waals surface area (Å²) in [5, 5.41) is 3.00. The van der Waals surface area contributed by atoms with E-state index in [-0.39, 0.29) is 5.91 Å². The van der Waals surface area contributed by atoms with Gasteiger partial charge in [0.2, 0.25) is 5.91 Å². The summed E-state index contributed by atoms with van der Waals surface area (Å²) in [7, 11) is 0. The average Bonchev–Trinajstić information content (AvgIpc) is 2.95. The van der Waals surface area contributed by atoms with Crippen LogP contribution in [0.1, 0.15) is 48.9 Å². The van der Waals surface area contributed by atoms with Gasteiger partial charge in [-0.1, -0.05) is 35.9 Å². The highest BCUT2D eigenvalue weighted by Gasteiger charge is 2.16. The minimum Gasteiger partial charge on any atom is -0.493 e. The van der Waals surface area contributed by atoms with Crippen LogP contribution in [0.5, 0.6) is 5.75 Å². The molecule has 4 nitrogen and oxygen atoms in total. The SMILES string of the molecule is Cc1ccc(CCCNC(=O)CCOc2ccc3c(c2)CCN(C(C)C)CC3)cc1. The standard InChI is InChI=1S/C26H36N2O2/c1-20(2)28-16-12-23-10-11-25(19-24(23)13-17-28)30-18-14-26(29)27-15-4-5-22-8-6-21(3)7-9-22/h6-11,19-20H,4-5,12-18H2,1-3H3,(H,27,29). The van der Waals surface area contributed by atoms with E-state index in [0.29, 0.717) is 25.6 Å². The highest BCUT2D eigenvalue weighted by atomic mass is 16.5. The Morgan fingerprint density at radius 2 is 1.80 bits per heavy atom. The van der Waals surface area contributed by atoms with Gasteiger partial charge in [0.05, 0.1) is 13.0 Å². The van der Waals surface area contributed by atoms with E-state index in [1.54, 1.807) is 0 Å². The van der Waals surface area contributed by atoms with Crippen molar-refractivity contribution in [2.75, 3.05) is 26.2 Å². The lowest BCUT2D eigenvalue weighted by atomic mass is 10.0. The van der Waals surface area contributed by atoms with Crippen molar-refractivity contribution < 1.29 is 9.53 Å². The number of aryl methyl sites for hydroxylation is 2. The van der Waals surface area contributed by atoms with E-state index in [0.717, 1.165) is 44.5 Å². The number of hydrogen-bond acceptors (Lipinski definition) is 3. The molecule has 0 unspecified atom stereocenters. The van der Waals surface area contributed by atoms with Gasteiger partial charge < -0.3 is 15.0 Å². The van der Waals surface area contributed by atoms with Gasteiger partial charge in [0.25, 0.3) is 0 Å². The smallest absolute Gasteiger partial charge is 0.223 e. The molecule has 3 rings (SSSR count). The second kappa shape index (κ2) is 11.2. The largest absolute Gasteiger partial charge is 0.493 e. The van der Waals surface area contributed by atoms with Crippen LogP contribution in [0.3, 0.4) is 0 Å². The van der Waals surface area contributed by atoms with Crippen molar-refractivity contribution in [2.24, 2.45) is 0 Å². The zero-order chi connectivity index (χ0) is 21.3. The molecule has 2 aromatic rings. The van der Waals surface area contributed by atoms with E-state index < -0.39 is 0 Å². The van der Waals surface area contributed by atoms with Gasteiger partial charge in [0, 0.05) is 25.7 Å². The molecule has 0 aliphatic carbocycles. The molecule has 1 N–H and O–H groups in total. The number of hydrogen-bond donors (Lipinski definition) is 1. The van der Waals surface area contributed by atoms with Crippen molar-refractivity contribution >= 4 is 5.91 Å². The number of nitrogens with one attached hydrogen (secondary N) is 1. The summed E-state index contributed by atoms with van der Waals surface area (Å²) in [5.41, 5.74) is 5.41. The molecule has 0 atom stereocenters. The van der Waals surface area contributed by atoms with Crippen LogP contribution in [0.4, 0.5) is 0 Å². The van der Waals surface area contributed by atoms with Gasteiger partial charge in [-0.15, -0.1) is 0 Å². The van der Waals surface area contributed by atoms with Crippen molar-refractivity contribution in [2.45, 2.75) is 58.9 Å². The summed E-state index contributed by atoms with van der Waals surface area (Å²) in [5.74, 6) is 0.931. The molecule has 4 heteroatoms. The van der Waals surface area contributed by atoms with E-state index in [1.807, 2.05) is 6.07 Å². The molecular formula is C26H36N2O2. The Hall–Kier alpha value is -2.33. The van der Waals surface area contributed by atoms with Crippen LogP contribution >= 0.6 is 0 Å². The van der Waals surface area contributed by atoms with E-state index in [9.17, 15) is 4.79 Å². The fraction of sp³-hybridized carbons (Fsp3) is 0.500. The van der Waals surface area contributed by atoms with Crippen LogP contribution in [0, 0.1) is 6.92 Å². The maximum absolute atomic E-state index is 12.1. The first-order valence-electron chi connectivity index (χ1n) is 11.3. The van der Waals surface area contributed by atoms with Crippen LogP contribution in [0.25, 0.3) is 0 Å². The molecule has 2 aromatic carbocycles. The van der Waals surface area contributed by atoms with Gasteiger partial charge in [-0.2, -0.15) is 0 Å². The Labute approximate surface area is 181 Å². The van der Waals surface area contributed by atoms with Gasteiger partial charge in [-0.3, -0.25) is 4.79 Å². The summed E-state index contributed by atoms with van der Waals surface area (Å²) in [6, 6.07) is 15.6. The normalized spacial score (nSPS) is 14.3. The molecule has 1 heterocycles. The Kier molecular flexibility index (Phi) is 8.32. The number of nitrogens with zero attached hydrogens (tertiary/aromatic N) is 1. The number of carbonyl (C=O) groups excluding carboxylic acids is 1. The third-order valence-corrected chi connectivity index (χ3v) is 5.93. The van der Waals surface area contributed by atoms with Crippen LogP contribution in [0.2, 0.25) is 0 Å². The third-order valence-electron chi connectivity index (χ3n) is 5.93. The van der Waals surface area contributed by atoms with Gasteiger partial charge in [-0.05, 0) is 75.3 Å². The Morgan fingerprint density at radius 1 is 1.07 bits per heavy atom. The molecule has 0 bridgehead atoms. The summed E-state index contributed by atoms with van der Waals surface area (Å²) >= 11 is 0. The first kappa shape index (κ1) is 22.4. The molecule has 0 spiro atoms. The lowest BCUT2D eigenvalue weighted by Gasteiger charge is -2.23. The first-order chi connectivity index (χ1) is 14.5. The van der Waals surface area contributed by atoms with Gasteiger partial charge in [-0.25, -0.2) is 0 Å².